The Morgan fingerprint density at radius 2 is 2.06 bits per heavy atom. The molecular formula is C12H15IN2O. The Morgan fingerprint density at radius 3 is 2.62 bits per heavy atom. The van der Waals surface area contributed by atoms with Gasteiger partial charge in [0.05, 0.1) is 0 Å². The van der Waals surface area contributed by atoms with Crippen molar-refractivity contribution in [2.45, 2.75) is 23.2 Å². The van der Waals surface area contributed by atoms with Gasteiger partial charge in [-0.25, -0.2) is 0 Å². The number of carbonyl (C=O) groups excluding carboxylic acids is 1. The molecule has 0 spiro atoms. The van der Waals surface area contributed by atoms with Gasteiger partial charge in [0.1, 0.15) is 11.6 Å². The van der Waals surface area contributed by atoms with Crippen LogP contribution in [0.1, 0.15) is 19.3 Å². The van der Waals surface area contributed by atoms with Gasteiger partial charge in [-0.3, -0.25) is 4.79 Å². The molecule has 86 valence electrons. The Labute approximate surface area is 110 Å². The molecular weight excluding hydrogens is 315 g/mol. The number of hydrogen-bond donors (Lipinski definition) is 0. The van der Waals surface area contributed by atoms with E-state index in [4.69, 9.17) is 5.26 Å². The molecule has 3 nitrogen and oxygen atoms in total. The standard InChI is InChI=1S/C12H15IN2O/c1-8(5-14)12(16)15-6-10(9-2-3-9)4-11(13)7-15/h9-11H,1-4,6-7H2. The first-order valence-corrected chi connectivity index (χ1v) is 6.88. The van der Waals surface area contributed by atoms with Crippen molar-refractivity contribution >= 4 is 28.5 Å². The van der Waals surface area contributed by atoms with Gasteiger partial charge in [0.25, 0.3) is 5.91 Å². The predicted octanol–water partition coefficient (Wildman–Crippen LogP) is 2.13. The van der Waals surface area contributed by atoms with Crippen LogP contribution >= 0.6 is 22.6 Å². The number of amides is 1. The fraction of sp³-hybridized carbons (Fsp3) is 0.667. The fourth-order valence-corrected chi connectivity index (χ4v) is 3.52. The lowest BCUT2D eigenvalue weighted by Gasteiger charge is -2.35. The maximum atomic E-state index is 11.9. The number of hydrogen-bond acceptors (Lipinski definition) is 2. The van der Waals surface area contributed by atoms with Crippen molar-refractivity contribution in [1.29, 1.82) is 5.26 Å². The second-order valence-electron chi connectivity index (χ2n) is 4.73. The summed E-state index contributed by atoms with van der Waals surface area (Å²) in [6, 6.07) is 1.85. The number of halogens is 1. The summed E-state index contributed by atoms with van der Waals surface area (Å²) in [5.41, 5.74) is 0.0695. The first kappa shape index (κ1) is 11.9. The van der Waals surface area contributed by atoms with Crippen LogP contribution in [0.5, 0.6) is 0 Å². The summed E-state index contributed by atoms with van der Waals surface area (Å²) < 4.78 is 0.521. The summed E-state index contributed by atoms with van der Waals surface area (Å²) in [4.78, 5) is 13.7. The summed E-state index contributed by atoms with van der Waals surface area (Å²) in [6.45, 7) is 5.09. The van der Waals surface area contributed by atoms with Gasteiger partial charge in [0.15, 0.2) is 0 Å². The molecule has 2 unspecified atom stereocenters. The summed E-state index contributed by atoms with van der Waals surface area (Å²) in [5, 5.41) is 8.69. The number of carbonyl (C=O) groups is 1. The molecule has 0 aromatic rings. The number of nitrogens with zero attached hydrogens (tertiary/aromatic N) is 2. The molecule has 0 bridgehead atoms. The number of rotatable bonds is 2. The topological polar surface area (TPSA) is 44.1 Å². The second kappa shape index (κ2) is 4.74. The third kappa shape index (κ3) is 2.57. The van der Waals surface area contributed by atoms with Crippen LogP contribution in [-0.4, -0.2) is 27.8 Å². The smallest absolute Gasteiger partial charge is 0.263 e. The van der Waals surface area contributed by atoms with Gasteiger partial charge < -0.3 is 4.90 Å². The quantitative estimate of drug-likeness (QED) is 0.337. The number of piperidine rings is 1. The minimum atomic E-state index is -0.172. The highest BCUT2D eigenvalue weighted by molar-refractivity contribution is 14.1. The van der Waals surface area contributed by atoms with E-state index in [9.17, 15) is 4.79 Å². The highest BCUT2D eigenvalue weighted by Crippen LogP contribution is 2.42. The van der Waals surface area contributed by atoms with E-state index >= 15 is 0 Å². The normalized spacial score (nSPS) is 29.6. The largest absolute Gasteiger partial charge is 0.337 e. The number of nitriles is 1. The van der Waals surface area contributed by atoms with Crippen LogP contribution in [0.25, 0.3) is 0 Å². The van der Waals surface area contributed by atoms with Crippen LogP contribution in [0.2, 0.25) is 0 Å². The zero-order valence-corrected chi connectivity index (χ0v) is 11.3. The Bertz CT molecular complexity index is 357. The zero-order valence-electron chi connectivity index (χ0n) is 9.16. The minimum absolute atomic E-state index is 0.0695. The minimum Gasteiger partial charge on any atom is -0.337 e. The van der Waals surface area contributed by atoms with Crippen LogP contribution in [0, 0.1) is 23.2 Å². The monoisotopic (exact) mass is 330 g/mol. The van der Waals surface area contributed by atoms with Gasteiger partial charge in [-0.1, -0.05) is 29.2 Å². The predicted molar refractivity (Wildman–Crippen MR) is 70.0 cm³/mol. The van der Waals surface area contributed by atoms with Gasteiger partial charge >= 0.3 is 0 Å². The molecule has 2 rings (SSSR count). The van der Waals surface area contributed by atoms with Crippen LogP contribution in [-0.2, 0) is 4.79 Å². The van der Waals surface area contributed by atoms with E-state index < -0.39 is 0 Å². The summed E-state index contributed by atoms with van der Waals surface area (Å²) >= 11 is 2.41. The molecule has 0 aromatic carbocycles. The second-order valence-corrected chi connectivity index (χ2v) is 6.49. The van der Waals surface area contributed by atoms with Gasteiger partial charge in [-0.2, -0.15) is 5.26 Å². The molecule has 0 N–H and O–H groups in total. The average molecular weight is 330 g/mol. The van der Waals surface area contributed by atoms with Crippen LogP contribution in [0.3, 0.4) is 0 Å². The molecule has 4 heteroatoms. The highest BCUT2D eigenvalue weighted by Gasteiger charge is 2.38. The van der Waals surface area contributed by atoms with Crippen molar-refractivity contribution in [3.63, 3.8) is 0 Å². The van der Waals surface area contributed by atoms with Crippen LogP contribution in [0.4, 0.5) is 0 Å². The molecule has 2 atom stereocenters. The molecule has 2 aliphatic rings. The Hall–Kier alpha value is -0.570. The maximum absolute atomic E-state index is 11.9. The molecule has 2 fully saturated rings. The van der Waals surface area contributed by atoms with Crippen molar-refractivity contribution in [1.82, 2.24) is 4.90 Å². The first-order chi connectivity index (χ1) is 7.61. The molecule has 1 aliphatic carbocycles. The van der Waals surface area contributed by atoms with E-state index in [1.54, 1.807) is 0 Å². The van der Waals surface area contributed by atoms with Crippen molar-refractivity contribution in [3.8, 4) is 6.07 Å². The molecule has 1 heterocycles. The molecule has 1 amide bonds. The number of likely N-dealkylation sites (tertiary alicyclic amines) is 1. The van der Waals surface area contributed by atoms with Crippen molar-refractivity contribution in [2.24, 2.45) is 11.8 Å². The van der Waals surface area contributed by atoms with Crippen molar-refractivity contribution < 1.29 is 4.79 Å². The van der Waals surface area contributed by atoms with Gasteiger partial charge in [0, 0.05) is 17.0 Å². The SMILES string of the molecule is C=C(C#N)C(=O)N1CC(I)CC(C2CC2)C1. The van der Waals surface area contributed by atoms with Crippen molar-refractivity contribution in [3.05, 3.63) is 12.2 Å². The number of alkyl halides is 1. The van der Waals surface area contributed by atoms with E-state index in [2.05, 4.69) is 29.2 Å². The zero-order chi connectivity index (χ0) is 11.7. The van der Waals surface area contributed by atoms with Crippen LogP contribution in [0.15, 0.2) is 12.2 Å². The lowest BCUT2D eigenvalue weighted by molar-refractivity contribution is -0.128. The van der Waals surface area contributed by atoms with E-state index in [1.807, 2.05) is 11.0 Å². The maximum Gasteiger partial charge on any atom is 0.263 e. The lowest BCUT2D eigenvalue weighted by atomic mass is 9.93. The first-order valence-electron chi connectivity index (χ1n) is 5.64. The molecule has 1 saturated heterocycles. The average Bonchev–Trinajstić information content (AvgIpc) is 3.10. The van der Waals surface area contributed by atoms with E-state index in [0.717, 1.165) is 19.0 Å². The highest BCUT2D eigenvalue weighted by atomic mass is 127. The molecule has 0 radical (unpaired) electrons. The molecule has 1 aliphatic heterocycles. The molecule has 1 saturated carbocycles. The van der Waals surface area contributed by atoms with Crippen LogP contribution < -0.4 is 0 Å². The third-order valence-electron chi connectivity index (χ3n) is 3.40. The summed E-state index contributed by atoms with van der Waals surface area (Å²) in [6.07, 6.45) is 3.85. The van der Waals surface area contributed by atoms with E-state index in [1.165, 1.54) is 19.3 Å². The van der Waals surface area contributed by atoms with E-state index in [-0.39, 0.29) is 11.5 Å². The third-order valence-corrected chi connectivity index (χ3v) is 4.30. The van der Waals surface area contributed by atoms with Crippen molar-refractivity contribution in [2.75, 3.05) is 13.1 Å². The Balaban J connectivity index is 2.01. The summed E-state index contributed by atoms with van der Waals surface area (Å²) in [5.74, 6) is 1.30. The van der Waals surface area contributed by atoms with Gasteiger partial charge in [0.2, 0.25) is 0 Å². The fourth-order valence-electron chi connectivity index (χ4n) is 2.39. The van der Waals surface area contributed by atoms with E-state index in [0.29, 0.717) is 9.84 Å². The molecule has 16 heavy (non-hydrogen) atoms. The molecule has 0 aromatic heterocycles. The summed E-state index contributed by atoms with van der Waals surface area (Å²) in [7, 11) is 0. The Kier molecular flexibility index (Phi) is 3.53. The van der Waals surface area contributed by atoms with Gasteiger partial charge in [-0.05, 0) is 31.1 Å². The van der Waals surface area contributed by atoms with Gasteiger partial charge in [-0.15, -0.1) is 0 Å². The Morgan fingerprint density at radius 1 is 1.38 bits per heavy atom. The lowest BCUT2D eigenvalue weighted by Crippen LogP contribution is -2.45.